The molecular formula is C18H22F2N2O4. The van der Waals surface area contributed by atoms with Crippen LogP contribution in [0.1, 0.15) is 30.6 Å². The van der Waals surface area contributed by atoms with Crippen molar-refractivity contribution in [3.63, 3.8) is 0 Å². The van der Waals surface area contributed by atoms with Gasteiger partial charge in [-0.3, -0.25) is 14.4 Å². The molecule has 0 radical (unpaired) electrons. The minimum absolute atomic E-state index is 0.105. The van der Waals surface area contributed by atoms with Gasteiger partial charge in [0.1, 0.15) is 11.6 Å². The van der Waals surface area contributed by atoms with Crippen molar-refractivity contribution in [2.75, 3.05) is 26.2 Å². The molecule has 0 fully saturated rings. The summed E-state index contributed by atoms with van der Waals surface area (Å²) in [5.74, 6) is -3.58. The zero-order chi connectivity index (χ0) is 19.7. The Morgan fingerprint density at radius 1 is 1.27 bits per heavy atom. The number of ether oxygens (including phenoxy) is 1. The zero-order valence-electron chi connectivity index (χ0n) is 14.8. The molecule has 0 aliphatic carbocycles. The van der Waals surface area contributed by atoms with E-state index in [1.807, 2.05) is 0 Å². The van der Waals surface area contributed by atoms with Gasteiger partial charge in [0.15, 0.2) is 6.61 Å². The largest absolute Gasteiger partial charge is 0.456 e. The average Bonchev–Trinajstić information content (AvgIpc) is 2.57. The molecule has 0 saturated heterocycles. The molecule has 1 N–H and O–H groups in total. The fraction of sp³-hybridized carbons (Fsp3) is 0.389. The fourth-order valence-corrected chi connectivity index (χ4v) is 2.05. The first-order chi connectivity index (χ1) is 12.2. The number of hydrogen-bond acceptors (Lipinski definition) is 4. The van der Waals surface area contributed by atoms with Crippen molar-refractivity contribution < 1.29 is 27.9 Å². The van der Waals surface area contributed by atoms with Gasteiger partial charge in [-0.1, -0.05) is 12.2 Å². The number of benzene rings is 1. The first-order valence-electron chi connectivity index (χ1n) is 8.05. The summed E-state index contributed by atoms with van der Waals surface area (Å²) in [5.41, 5.74) is 0.482. The lowest BCUT2D eigenvalue weighted by atomic mass is 10.2. The quantitative estimate of drug-likeness (QED) is 0.535. The van der Waals surface area contributed by atoms with Crippen LogP contribution in [0, 0.1) is 11.6 Å². The second kappa shape index (κ2) is 10.3. The Kier molecular flexibility index (Phi) is 8.41. The number of esters is 1. The third-order valence-corrected chi connectivity index (χ3v) is 3.34. The van der Waals surface area contributed by atoms with Crippen LogP contribution in [0.15, 0.2) is 30.4 Å². The van der Waals surface area contributed by atoms with E-state index < -0.39 is 30.1 Å². The molecule has 1 rings (SSSR count). The molecule has 2 amide bonds. The third-order valence-electron chi connectivity index (χ3n) is 3.34. The Labute approximate surface area is 150 Å². The average molecular weight is 368 g/mol. The van der Waals surface area contributed by atoms with E-state index in [4.69, 9.17) is 4.74 Å². The van der Waals surface area contributed by atoms with Crippen molar-refractivity contribution in [3.8, 4) is 0 Å². The number of rotatable bonds is 9. The molecule has 8 heteroatoms. The van der Waals surface area contributed by atoms with Crippen molar-refractivity contribution in [2.24, 2.45) is 0 Å². The van der Waals surface area contributed by atoms with Crippen LogP contribution in [0.3, 0.4) is 0 Å². The summed E-state index contributed by atoms with van der Waals surface area (Å²) in [6, 6.07) is 2.57. The lowest BCUT2D eigenvalue weighted by molar-refractivity contribution is -0.151. The molecular weight excluding hydrogens is 346 g/mol. The number of halogens is 2. The normalized spacial score (nSPS) is 10.2. The highest BCUT2D eigenvalue weighted by Crippen LogP contribution is 2.09. The second-order valence-corrected chi connectivity index (χ2v) is 5.66. The first kappa shape index (κ1) is 21.3. The monoisotopic (exact) mass is 368 g/mol. The molecule has 6 nitrogen and oxygen atoms in total. The minimum Gasteiger partial charge on any atom is -0.456 e. The SMILES string of the molecule is C=C(C)CN(CC)C(=O)COC(=O)CCNC(=O)c1ccc(F)cc1F. The lowest BCUT2D eigenvalue weighted by Crippen LogP contribution is -2.36. The summed E-state index contributed by atoms with van der Waals surface area (Å²) < 4.78 is 31.1. The van der Waals surface area contributed by atoms with Crippen LogP contribution in [-0.2, 0) is 14.3 Å². The van der Waals surface area contributed by atoms with Crippen molar-refractivity contribution in [3.05, 3.63) is 47.5 Å². The first-order valence-corrected chi connectivity index (χ1v) is 8.05. The summed E-state index contributed by atoms with van der Waals surface area (Å²) in [6.07, 6.45) is -0.186. The number of amides is 2. The highest BCUT2D eigenvalue weighted by molar-refractivity contribution is 5.94. The van der Waals surface area contributed by atoms with Gasteiger partial charge in [-0.05, 0) is 26.0 Å². The van der Waals surface area contributed by atoms with Gasteiger partial charge in [0, 0.05) is 25.7 Å². The van der Waals surface area contributed by atoms with Gasteiger partial charge in [-0.2, -0.15) is 0 Å². The van der Waals surface area contributed by atoms with E-state index in [1.54, 1.807) is 13.8 Å². The predicted molar refractivity (Wildman–Crippen MR) is 91.3 cm³/mol. The number of carbonyl (C=O) groups excluding carboxylic acids is 3. The Bertz CT molecular complexity index is 692. The van der Waals surface area contributed by atoms with E-state index >= 15 is 0 Å². The van der Waals surface area contributed by atoms with E-state index in [-0.39, 0.29) is 24.4 Å². The van der Waals surface area contributed by atoms with Crippen LogP contribution in [0.4, 0.5) is 8.78 Å². The van der Waals surface area contributed by atoms with Gasteiger partial charge in [-0.15, -0.1) is 0 Å². The number of carbonyl (C=O) groups is 3. The smallest absolute Gasteiger partial charge is 0.308 e. The van der Waals surface area contributed by atoms with E-state index in [9.17, 15) is 23.2 Å². The van der Waals surface area contributed by atoms with Crippen molar-refractivity contribution >= 4 is 17.8 Å². The van der Waals surface area contributed by atoms with Gasteiger partial charge in [-0.25, -0.2) is 8.78 Å². The van der Waals surface area contributed by atoms with E-state index in [2.05, 4.69) is 11.9 Å². The molecule has 0 heterocycles. The van der Waals surface area contributed by atoms with Crippen LogP contribution < -0.4 is 5.32 Å². The number of nitrogens with one attached hydrogen (secondary N) is 1. The summed E-state index contributed by atoms with van der Waals surface area (Å²) in [6.45, 7) is 7.64. The second-order valence-electron chi connectivity index (χ2n) is 5.66. The van der Waals surface area contributed by atoms with Gasteiger partial charge in [0.25, 0.3) is 11.8 Å². The van der Waals surface area contributed by atoms with Gasteiger partial charge < -0.3 is 15.0 Å². The molecule has 0 aromatic heterocycles. The molecule has 0 atom stereocenters. The molecule has 0 saturated carbocycles. The molecule has 142 valence electrons. The molecule has 0 unspecified atom stereocenters. The minimum atomic E-state index is -0.993. The maximum Gasteiger partial charge on any atom is 0.308 e. The van der Waals surface area contributed by atoms with Crippen LogP contribution >= 0.6 is 0 Å². The van der Waals surface area contributed by atoms with E-state index in [0.29, 0.717) is 19.2 Å². The highest BCUT2D eigenvalue weighted by atomic mass is 19.1. The van der Waals surface area contributed by atoms with Crippen LogP contribution in [-0.4, -0.2) is 48.9 Å². The predicted octanol–water partition coefficient (Wildman–Crippen LogP) is 2.05. The summed E-state index contributed by atoms with van der Waals surface area (Å²) >= 11 is 0. The number of hydrogen-bond donors (Lipinski definition) is 1. The van der Waals surface area contributed by atoms with Gasteiger partial charge >= 0.3 is 5.97 Å². The Morgan fingerprint density at radius 3 is 2.54 bits per heavy atom. The summed E-state index contributed by atoms with van der Waals surface area (Å²) in [7, 11) is 0. The lowest BCUT2D eigenvalue weighted by Gasteiger charge is -2.20. The molecule has 1 aromatic carbocycles. The van der Waals surface area contributed by atoms with Gasteiger partial charge in [0.05, 0.1) is 12.0 Å². The standard InChI is InChI=1S/C18H22F2N2O4/c1-4-22(10-12(2)3)16(23)11-26-17(24)7-8-21-18(25)14-6-5-13(19)9-15(14)20/h5-6,9H,2,4,7-8,10-11H2,1,3H3,(H,21,25). The van der Waals surface area contributed by atoms with Crippen molar-refractivity contribution in [2.45, 2.75) is 20.3 Å². The zero-order valence-corrected chi connectivity index (χ0v) is 14.8. The molecule has 26 heavy (non-hydrogen) atoms. The molecule has 0 aliphatic heterocycles. The third kappa shape index (κ3) is 7.00. The maximum atomic E-state index is 13.5. The topological polar surface area (TPSA) is 75.7 Å². The van der Waals surface area contributed by atoms with Crippen LogP contribution in [0.5, 0.6) is 0 Å². The van der Waals surface area contributed by atoms with Crippen LogP contribution in [0.2, 0.25) is 0 Å². The highest BCUT2D eigenvalue weighted by Gasteiger charge is 2.15. The van der Waals surface area contributed by atoms with Gasteiger partial charge in [0.2, 0.25) is 0 Å². The Morgan fingerprint density at radius 2 is 1.96 bits per heavy atom. The van der Waals surface area contributed by atoms with E-state index in [1.165, 1.54) is 4.90 Å². The summed E-state index contributed by atoms with van der Waals surface area (Å²) in [5, 5.41) is 2.33. The Balaban J connectivity index is 2.37. The maximum absolute atomic E-state index is 13.5. The number of nitrogens with zero attached hydrogens (tertiary/aromatic N) is 1. The molecule has 0 aliphatic rings. The number of likely N-dealkylation sites (N-methyl/N-ethyl adjacent to an activating group) is 1. The molecule has 0 spiro atoms. The van der Waals surface area contributed by atoms with Crippen LogP contribution in [0.25, 0.3) is 0 Å². The van der Waals surface area contributed by atoms with Crippen molar-refractivity contribution in [1.82, 2.24) is 10.2 Å². The van der Waals surface area contributed by atoms with Crippen molar-refractivity contribution in [1.29, 1.82) is 0 Å². The Hall–Kier alpha value is -2.77. The molecule has 1 aromatic rings. The fourth-order valence-electron chi connectivity index (χ4n) is 2.05. The van der Waals surface area contributed by atoms with E-state index in [0.717, 1.165) is 17.7 Å². The summed E-state index contributed by atoms with van der Waals surface area (Å²) in [4.78, 5) is 36.8. The molecule has 0 bridgehead atoms.